The highest BCUT2D eigenvalue weighted by atomic mass is 16.5. The molecule has 2 aliphatic heterocycles. The average Bonchev–Trinajstić information content (AvgIpc) is 3.48. The highest BCUT2D eigenvalue weighted by molar-refractivity contribution is 5.96. The fourth-order valence-electron chi connectivity index (χ4n) is 10.5. The minimum absolute atomic E-state index is 0.0121. The molecule has 4 aliphatic carbocycles. The van der Waals surface area contributed by atoms with Gasteiger partial charge in [0.05, 0.1) is 38.5 Å². The fraction of sp³-hybridized carbons (Fsp3) is 0.812. The number of rotatable bonds is 5. The number of likely N-dealkylation sites (tertiary alicyclic amines) is 1. The number of hydrogen-bond donors (Lipinski definition) is 0. The SMILES string of the molecule is C=CC[N+]1(C2CC3C4CCC5CC(=O)C(N6CCOCC6)=CC5(C)C4CCC3(C)C2OC(C)=O)CCCC1. The summed E-state index contributed by atoms with van der Waals surface area (Å²) in [6, 6.07) is 0.367. The predicted octanol–water partition coefficient (Wildman–Crippen LogP) is 4.74. The van der Waals surface area contributed by atoms with E-state index in [2.05, 4.69) is 37.5 Å². The number of Topliss-reactive ketones (excluding diaryl/α,β-unsaturated/α-hetero) is 1. The summed E-state index contributed by atoms with van der Waals surface area (Å²) >= 11 is 0. The zero-order chi connectivity index (χ0) is 26.7. The van der Waals surface area contributed by atoms with Crippen molar-refractivity contribution in [2.75, 3.05) is 45.9 Å². The molecule has 0 spiro atoms. The summed E-state index contributed by atoms with van der Waals surface area (Å²) in [6.45, 7) is 17.1. The third kappa shape index (κ3) is 4.03. The normalized spacial score (nSPS) is 44.0. The van der Waals surface area contributed by atoms with Crippen molar-refractivity contribution < 1.29 is 23.5 Å². The first-order valence-electron chi connectivity index (χ1n) is 15.4. The number of ketones is 1. The van der Waals surface area contributed by atoms with Crippen LogP contribution < -0.4 is 0 Å². The first-order valence-corrected chi connectivity index (χ1v) is 15.4. The lowest BCUT2D eigenvalue weighted by Crippen LogP contribution is -2.59. The average molecular weight is 526 g/mol. The Kier molecular flexibility index (Phi) is 6.82. The molecular weight excluding hydrogens is 476 g/mol. The van der Waals surface area contributed by atoms with E-state index in [0.29, 0.717) is 55.1 Å². The number of hydrogen-bond acceptors (Lipinski definition) is 5. The van der Waals surface area contributed by atoms with E-state index >= 15 is 0 Å². The van der Waals surface area contributed by atoms with E-state index in [9.17, 15) is 9.59 Å². The second kappa shape index (κ2) is 9.76. The van der Waals surface area contributed by atoms with Gasteiger partial charge in [-0.05, 0) is 60.8 Å². The van der Waals surface area contributed by atoms with Gasteiger partial charge in [0.25, 0.3) is 0 Å². The molecule has 6 aliphatic rings. The van der Waals surface area contributed by atoms with E-state index in [-0.39, 0.29) is 22.9 Å². The molecule has 6 rings (SSSR count). The fourth-order valence-corrected chi connectivity index (χ4v) is 10.5. The topological polar surface area (TPSA) is 55.8 Å². The van der Waals surface area contributed by atoms with E-state index < -0.39 is 0 Å². The Bertz CT molecular complexity index is 995. The Labute approximate surface area is 229 Å². The molecular formula is C32H49N2O4+. The number of quaternary nitrogens is 1. The lowest BCUT2D eigenvalue weighted by Gasteiger charge is -2.59. The second-order valence-corrected chi connectivity index (χ2v) is 14.0. The molecule has 8 unspecified atom stereocenters. The van der Waals surface area contributed by atoms with Gasteiger partial charge < -0.3 is 18.9 Å². The first kappa shape index (κ1) is 26.6. The molecule has 0 bridgehead atoms. The number of ether oxygens (including phenoxy) is 2. The molecule has 210 valence electrons. The summed E-state index contributed by atoms with van der Waals surface area (Å²) in [6.07, 6.45) is 13.5. The number of fused-ring (bicyclic) bond motifs is 5. The zero-order valence-corrected chi connectivity index (χ0v) is 24.0. The van der Waals surface area contributed by atoms with E-state index in [1.54, 1.807) is 6.92 Å². The van der Waals surface area contributed by atoms with Crippen molar-refractivity contribution in [2.24, 2.45) is 34.5 Å². The number of allylic oxidation sites excluding steroid dienone is 2. The third-order valence-corrected chi connectivity index (χ3v) is 12.4. The summed E-state index contributed by atoms with van der Waals surface area (Å²) in [7, 11) is 0. The van der Waals surface area contributed by atoms with Crippen LogP contribution in [0.25, 0.3) is 0 Å². The second-order valence-electron chi connectivity index (χ2n) is 14.0. The largest absolute Gasteiger partial charge is 0.456 e. The van der Waals surface area contributed by atoms with Crippen LogP contribution in [0.3, 0.4) is 0 Å². The maximum Gasteiger partial charge on any atom is 0.303 e. The minimum atomic E-state index is -0.125. The van der Waals surface area contributed by atoms with Crippen molar-refractivity contribution in [2.45, 2.75) is 84.3 Å². The summed E-state index contributed by atoms with van der Waals surface area (Å²) in [5, 5.41) is 0. The molecule has 0 aromatic carbocycles. The lowest BCUT2D eigenvalue weighted by molar-refractivity contribution is -0.937. The molecule has 0 aromatic rings. The third-order valence-electron chi connectivity index (χ3n) is 12.4. The van der Waals surface area contributed by atoms with Crippen LogP contribution in [0.15, 0.2) is 24.4 Å². The number of nitrogens with zero attached hydrogens (tertiary/aromatic N) is 2. The molecule has 0 aromatic heterocycles. The molecule has 3 saturated carbocycles. The van der Waals surface area contributed by atoms with Crippen molar-refractivity contribution >= 4 is 11.8 Å². The molecule has 0 amide bonds. The molecule has 2 saturated heterocycles. The summed E-state index contributed by atoms with van der Waals surface area (Å²) in [5.41, 5.74) is 1.05. The van der Waals surface area contributed by atoms with Gasteiger partial charge in [-0.3, -0.25) is 9.59 Å². The number of morpholine rings is 1. The van der Waals surface area contributed by atoms with Crippen molar-refractivity contribution in [3.05, 3.63) is 24.4 Å². The highest BCUT2D eigenvalue weighted by Crippen LogP contribution is 2.67. The van der Waals surface area contributed by atoms with E-state index in [0.717, 1.165) is 55.5 Å². The highest BCUT2D eigenvalue weighted by Gasteiger charge is 2.67. The summed E-state index contributed by atoms with van der Waals surface area (Å²) < 4.78 is 13.0. The van der Waals surface area contributed by atoms with Crippen molar-refractivity contribution in [3.63, 3.8) is 0 Å². The maximum atomic E-state index is 13.3. The molecule has 5 fully saturated rings. The van der Waals surface area contributed by atoms with Crippen LogP contribution in [0.1, 0.15) is 72.1 Å². The van der Waals surface area contributed by atoms with E-state index in [1.807, 2.05) is 0 Å². The number of esters is 1. The number of carbonyl (C=O) groups excluding carboxylic acids is 2. The van der Waals surface area contributed by atoms with Gasteiger partial charge in [0.2, 0.25) is 0 Å². The Morgan fingerprint density at radius 2 is 1.92 bits per heavy atom. The van der Waals surface area contributed by atoms with Gasteiger partial charge in [0, 0.05) is 51.1 Å². The van der Waals surface area contributed by atoms with Gasteiger partial charge in [-0.15, -0.1) is 0 Å². The molecule has 0 N–H and O–H groups in total. The quantitative estimate of drug-likeness (QED) is 0.295. The van der Waals surface area contributed by atoms with Gasteiger partial charge >= 0.3 is 5.97 Å². The summed E-state index contributed by atoms with van der Waals surface area (Å²) in [5.74, 6) is 2.44. The molecule has 0 radical (unpaired) electrons. The van der Waals surface area contributed by atoms with Crippen LogP contribution in [-0.4, -0.2) is 79.2 Å². The molecule has 38 heavy (non-hydrogen) atoms. The van der Waals surface area contributed by atoms with Gasteiger partial charge in [0.15, 0.2) is 11.9 Å². The number of carbonyl (C=O) groups is 2. The molecule has 8 atom stereocenters. The monoisotopic (exact) mass is 525 g/mol. The van der Waals surface area contributed by atoms with Crippen molar-refractivity contribution in [1.29, 1.82) is 0 Å². The van der Waals surface area contributed by atoms with Gasteiger partial charge in [0.1, 0.15) is 6.04 Å². The molecule has 6 nitrogen and oxygen atoms in total. The Morgan fingerprint density at radius 1 is 1.18 bits per heavy atom. The molecule has 6 heteroatoms. The van der Waals surface area contributed by atoms with Gasteiger partial charge in [-0.2, -0.15) is 0 Å². The van der Waals surface area contributed by atoms with Crippen molar-refractivity contribution in [3.8, 4) is 0 Å². The van der Waals surface area contributed by atoms with E-state index in [4.69, 9.17) is 9.47 Å². The zero-order valence-electron chi connectivity index (χ0n) is 24.0. The van der Waals surface area contributed by atoms with Crippen LogP contribution >= 0.6 is 0 Å². The minimum Gasteiger partial charge on any atom is -0.456 e. The van der Waals surface area contributed by atoms with Crippen LogP contribution in [-0.2, 0) is 19.1 Å². The maximum absolute atomic E-state index is 13.3. The first-order chi connectivity index (χ1) is 18.2. The standard InChI is InChI=1S/C32H49N2O4/c1-5-14-34(15-6-7-16-34)28-20-26-24-9-8-23-19-29(36)27(33-12-17-37-18-13-33)21-32(23,4)25(24)10-11-31(26,3)30(28)38-22(2)35/h5,21,23-26,28,30H,1,6-20H2,2-4H3/q+1. The van der Waals surface area contributed by atoms with Gasteiger partial charge in [-0.25, -0.2) is 0 Å². The van der Waals surface area contributed by atoms with Crippen LogP contribution in [0.2, 0.25) is 0 Å². The van der Waals surface area contributed by atoms with Crippen LogP contribution in [0.4, 0.5) is 0 Å². The Morgan fingerprint density at radius 3 is 2.61 bits per heavy atom. The predicted molar refractivity (Wildman–Crippen MR) is 147 cm³/mol. The van der Waals surface area contributed by atoms with Crippen LogP contribution in [0, 0.1) is 34.5 Å². The smallest absolute Gasteiger partial charge is 0.303 e. The Hall–Kier alpha value is -1.66. The summed E-state index contributed by atoms with van der Waals surface area (Å²) in [4.78, 5) is 28.1. The van der Waals surface area contributed by atoms with E-state index in [1.165, 1.54) is 32.4 Å². The molecule has 2 heterocycles. The Balaban J connectivity index is 1.34. The van der Waals surface area contributed by atoms with Crippen LogP contribution in [0.5, 0.6) is 0 Å². The van der Waals surface area contributed by atoms with Crippen molar-refractivity contribution in [1.82, 2.24) is 4.90 Å². The van der Waals surface area contributed by atoms with Gasteiger partial charge in [-0.1, -0.05) is 26.5 Å². The lowest BCUT2D eigenvalue weighted by atomic mass is 9.46.